The highest BCUT2D eigenvalue weighted by Crippen LogP contribution is 2.41. The average molecular weight is 371 g/mol. The van der Waals surface area contributed by atoms with Crippen molar-refractivity contribution in [2.24, 2.45) is 0 Å². The molecule has 0 aliphatic heterocycles. The van der Waals surface area contributed by atoms with Gasteiger partial charge < -0.3 is 0 Å². The van der Waals surface area contributed by atoms with E-state index in [1.165, 1.54) is 5.56 Å². The van der Waals surface area contributed by atoms with Crippen LogP contribution >= 0.6 is 11.3 Å². The van der Waals surface area contributed by atoms with E-state index in [0.717, 1.165) is 43.9 Å². The van der Waals surface area contributed by atoms with Gasteiger partial charge in [-0.25, -0.2) is 21.9 Å². The highest BCUT2D eigenvalue weighted by molar-refractivity contribution is 7.88. The first-order chi connectivity index (χ1) is 11.4. The Hall–Kier alpha value is -1.31. The summed E-state index contributed by atoms with van der Waals surface area (Å²) in [5.41, 5.74) is 1.11. The molecule has 1 fully saturated rings. The molecule has 130 valence electrons. The average Bonchev–Trinajstić information content (AvgIpc) is 3.16. The Morgan fingerprint density at radius 2 is 1.79 bits per heavy atom. The van der Waals surface area contributed by atoms with Crippen molar-refractivity contribution in [3.05, 3.63) is 57.8 Å². The molecule has 0 spiro atoms. The number of benzene rings is 1. The predicted octanol–water partition coefficient (Wildman–Crippen LogP) is 3.96. The summed E-state index contributed by atoms with van der Waals surface area (Å²) in [5, 5.41) is 4.07. The van der Waals surface area contributed by atoms with Crippen LogP contribution in [0.3, 0.4) is 0 Å². The van der Waals surface area contributed by atoms with E-state index in [-0.39, 0.29) is 11.0 Å². The number of nitrogens with one attached hydrogen (secondary N) is 1. The lowest BCUT2D eigenvalue weighted by molar-refractivity contribution is 0.433. The lowest BCUT2D eigenvalue weighted by Crippen LogP contribution is -2.39. The van der Waals surface area contributed by atoms with Crippen LogP contribution in [-0.4, -0.2) is 15.0 Å². The molecular weight excluding hydrogens is 352 g/mol. The van der Waals surface area contributed by atoms with Gasteiger partial charge in [-0.15, -0.1) is 0 Å². The standard InChI is InChI=1S/C17H19F2NO2S2/c18-15-7-13(8-16(19)9-15)11-24(21,22)20-12-17(4-1-2-5-17)14-3-6-23-10-14/h3,6-10,20H,1-2,4-5,11-12H2. The molecule has 1 aliphatic carbocycles. The van der Waals surface area contributed by atoms with Crippen LogP contribution in [0, 0.1) is 11.6 Å². The maximum atomic E-state index is 13.2. The fraction of sp³-hybridized carbons (Fsp3) is 0.412. The topological polar surface area (TPSA) is 46.2 Å². The Bertz CT molecular complexity index is 778. The molecule has 3 nitrogen and oxygen atoms in total. The summed E-state index contributed by atoms with van der Waals surface area (Å²) >= 11 is 1.60. The quantitative estimate of drug-likeness (QED) is 0.835. The molecule has 0 amide bonds. The van der Waals surface area contributed by atoms with Crippen molar-refractivity contribution in [2.45, 2.75) is 36.9 Å². The lowest BCUT2D eigenvalue weighted by Gasteiger charge is -2.28. The Kier molecular flexibility index (Phi) is 5.03. The van der Waals surface area contributed by atoms with Gasteiger partial charge in [0.2, 0.25) is 10.0 Å². The zero-order valence-corrected chi connectivity index (χ0v) is 14.7. The van der Waals surface area contributed by atoms with Crippen LogP contribution in [0.15, 0.2) is 35.0 Å². The highest BCUT2D eigenvalue weighted by Gasteiger charge is 2.36. The molecule has 2 aromatic rings. The fourth-order valence-corrected chi connectivity index (χ4v) is 5.38. The van der Waals surface area contributed by atoms with Crippen molar-refractivity contribution in [1.82, 2.24) is 4.72 Å². The van der Waals surface area contributed by atoms with E-state index in [4.69, 9.17) is 0 Å². The normalized spacial score (nSPS) is 17.2. The molecule has 0 saturated heterocycles. The molecule has 7 heteroatoms. The molecule has 1 aromatic heterocycles. The van der Waals surface area contributed by atoms with Gasteiger partial charge in [0, 0.05) is 18.0 Å². The Morgan fingerprint density at radius 3 is 2.38 bits per heavy atom. The monoisotopic (exact) mass is 371 g/mol. The predicted molar refractivity (Wildman–Crippen MR) is 91.4 cm³/mol. The molecule has 1 N–H and O–H groups in total. The van der Waals surface area contributed by atoms with Crippen molar-refractivity contribution < 1.29 is 17.2 Å². The molecular formula is C17H19F2NO2S2. The minimum atomic E-state index is -3.66. The summed E-state index contributed by atoms with van der Waals surface area (Å²) in [6.45, 7) is 0.323. The van der Waals surface area contributed by atoms with Gasteiger partial charge in [-0.2, -0.15) is 11.3 Å². The number of hydrogen-bond donors (Lipinski definition) is 1. The first-order valence-corrected chi connectivity index (χ1v) is 10.4. The summed E-state index contributed by atoms with van der Waals surface area (Å²) in [6, 6.07) is 4.87. The number of rotatable bonds is 6. The van der Waals surface area contributed by atoms with Crippen molar-refractivity contribution >= 4 is 21.4 Å². The van der Waals surface area contributed by atoms with Gasteiger partial charge in [0.05, 0.1) is 5.75 Å². The minimum absolute atomic E-state index is 0.107. The van der Waals surface area contributed by atoms with Gasteiger partial charge >= 0.3 is 0 Å². The van der Waals surface area contributed by atoms with Gasteiger partial charge in [0.1, 0.15) is 11.6 Å². The number of sulfonamides is 1. The number of hydrogen-bond acceptors (Lipinski definition) is 3. The van der Waals surface area contributed by atoms with E-state index in [2.05, 4.69) is 10.1 Å². The molecule has 1 heterocycles. The second-order valence-electron chi connectivity index (χ2n) is 6.36. The number of halogens is 2. The largest absolute Gasteiger partial charge is 0.215 e. The summed E-state index contributed by atoms with van der Waals surface area (Å²) < 4.78 is 53.8. The molecule has 3 rings (SSSR count). The van der Waals surface area contributed by atoms with Gasteiger partial charge in [0.25, 0.3) is 0 Å². The maximum Gasteiger partial charge on any atom is 0.215 e. The van der Waals surface area contributed by atoms with Gasteiger partial charge in [0.15, 0.2) is 0 Å². The van der Waals surface area contributed by atoms with E-state index in [9.17, 15) is 17.2 Å². The van der Waals surface area contributed by atoms with Crippen LogP contribution in [0.4, 0.5) is 8.78 Å². The van der Waals surface area contributed by atoms with Crippen molar-refractivity contribution in [1.29, 1.82) is 0 Å². The van der Waals surface area contributed by atoms with E-state index < -0.39 is 27.4 Å². The second kappa shape index (κ2) is 6.90. The fourth-order valence-electron chi connectivity index (χ4n) is 3.40. The first-order valence-electron chi connectivity index (χ1n) is 7.84. The van der Waals surface area contributed by atoms with Gasteiger partial charge in [-0.3, -0.25) is 0 Å². The first kappa shape index (κ1) is 17.5. The maximum absolute atomic E-state index is 13.2. The van der Waals surface area contributed by atoms with Crippen LogP contribution in [0.5, 0.6) is 0 Å². The van der Waals surface area contributed by atoms with E-state index in [1.54, 1.807) is 11.3 Å². The van der Waals surface area contributed by atoms with Gasteiger partial charge in [-0.05, 0) is 52.9 Å². The van der Waals surface area contributed by atoms with Crippen molar-refractivity contribution in [3.63, 3.8) is 0 Å². The van der Waals surface area contributed by atoms with Crippen LogP contribution in [0.2, 0.25) is 0 Å². The van der Waals surface area contributed by atoms with Crippen molar-refractivity contribution in [2.75, 3.05) is 6.54 Å². The molecule has 0 unspecified atom stereocenters. The number of thiophene rings is 1. The summed E-state index contributed by atoms with van der Waals surface area (Å²) in [6.07, 6.45) is 4.04. The zero-order valence-electron chi connectivity index (χ0n) is 13.1. The molecule has 0 radical (unpaired) electrons. The molecule has 1 aliphatic rings. The van der Waals surface area contributed by atoms with Crippen LogP contribution < -0.4 is 4.72 Å². The molecule has 1 aromatic carbocycles. The minimum Gasteiger partial charge on any atom is -0.214 e. The molecule has 1 saturated carbocycles. The Morgan fingerprint density at radius 1 is 1.12 bits per heavy atom. The van der Waals surface area contributed by atoms with Crippen LogP contribution in [-0.2, 0) is 21.2 Å². The summed E-state index contributed by atoms with van der Waals surface area (Å²) in [7, 11) is -3.66. The molecule has 24 heavy (non-hydrogen) atoms. The third kappa shape index (κ3) is 4.02. The second-order valence-corrected chi connectivity index (χ2v) is 8.94. The van der Waals surface area contributed by atoms with Gasteiger partial charge in [-0.1, -0.05) is 12.8 Å². The smallest absolute Gasteiger partial charge is 0.214 e. The van der Waals surface area contributed by atoms with Crippen LogP contribution in [0.1, 0.15) is 36.8 Å². The van der Waals surface area contributed by atoms with E-state index >= 15 is 0 Å². The molecule has 0 bridgehead atoms. The molecule has 0 atom stereocenters. The summed E-state index contributed by atoms with van der Waals surface area (Å²) in [5.74, 6) is -1.97. The van der Waals surface area contributed by atoms with Crippen LogP contribution in [0.25, 0.3) is 0 Å². The Labute approximate surface area is 144 Å². The zero-order chi connectivity index (χ0) is 17.2. The highest BCUT2D eigenvalue weighted by atomic mass is 32.2. The SMILES string of the molecule is O=S(=O)(Cc1cc(F)cc(F)c1)NCC1(c2ccsc2)CCCC1. The van der Waals surface area contributed by atoms with E-state index in [1.807, 2.05) is 11.4 Å². The summed E-state index contributed by atoms with van der Waals surface area (Å²) in [4.78, 5) is 0. The third-order valence-electron chi connectivity index (χ3n) is 4.60. The lowest BCUT2D eigenvalue weighted by atomic mass is 9.81. The van der Waals surface area contributed by atoms with Crippen molar-refractivity contribution in [3.8, 4) is 0 Å². The Balaban J connectivity index is 1.72. The third-order valence-corrected chi connectivity index (χ3v) is 6.58. The van der Waals surface area contributed by atoms with E-state index in [0.29, 0.717) is 6.54 Å².